The van der Waals surface area contributed by atoms with Crippen molar-refractivity contribution in [1.29, 1.82) is 0 Å². The lowest BCUT2D eigenvalue weighted by Gasteiger charge is -2.16. The average molecular weight is 478 g/mol. The van der Waals surface area contributed by atoms with Gasteiger partial charge < -0.3 is 10.2 Å². The van der Waals surface area contributed by atoms with Crippen molar-refractivity contribution in [3.8, 4) is 5.75 Å². The molecule has 0 saturated heterocycles. The molecule has 0 aliphatic heterocycles. The van der Waals surface area contributed by atoms with Gasteiger partial charge >= 0.3 is 5.97 Å². The highest BCUT2D eigenvalue weighted by Crippen LogP contribution is 2.35. The lowest BCUT2D eigenvalue weighted by molar-refractivity contribution is -0.110. The summed E-state index contributed by atoms with van der Waals surface area (Å²) < 4.78 is 65.2. The van der Waals surface area contributed by atoms with E-state index >= 15 is 0 Å². The fourth-order valence-corrected chi connectivity index (χ4v) is 4.26. The summed E-state index contributed by atoms with van der Waals surface area (Å²) in [4.78, 5) is 21.5. The molecule has 12 heteroatoms. The van der Waals surface area contributed by atoms with Gasteiger partial charge in [-0.3, -0.25) is 13.9 Å². The predicted molar refractivity (Wildman–Crippen MR) is 111 cm³/mol. The molecule has 0 spiro atoms. The van der Waals surface area contributed by atoms with E-state index in [-0.39, 0.29) is 27.8 Å². The number of ketones is 1. The normalized spacial score (nSPS) is 15.9. The second-order valence-corrected chi connectivity index (χ2v) is 9.34. The van der Waals surface area contributed by atoms with E-state index in [1.54, 1.807) is 0 Å². The standard InChI is InChI=1S/C20H14O10S2/c21-15-6-4-12(9-17(15)31(25,26)27)19(11-2-1-3-14(8-11)20(23)24)13-5-7-16(22)18(10-13)32(28,29)30/h1-10,21H,(H,23,24)(H,25,26,27)(H,28,29,30)/b19-13+. The van der Waals surface area contributed by atoms with Gasteiger partial charge in [0.25, 0.3) is 20.2 Å². The molecule has 10 nitrogen and oxygen atoms in total. The Morgan fingerprint density at radius 2 is 1.44 bits per heavy atom. The third kappa shape index (κ3) is 4.68. The van der Waals surface area contributed by atoms with Crippen LogP contribution in [0.15, 0.2) is 76.1 Å². The van der Waals surface area contributed by atoms with Crippen molar-refractivity contribution in [3.63, 3.8) is 0 Å². The molecule has 1 aliphatic carbocycles. The van der Waals surface area contributed by atoms with Gasteiger partial charge in [-0.25, -0.2) is 4.79 Å². The van der Waals surface area contributed by atoms with E-state index in [9.17, 15) is 45.7 Å². The number of phenols is 1. The van der Waals surface area contributed by atoms with E-state index < -0.39 is 47.5 Å². The van der Waals surface area contributed by atoms with Crippen molar-refractivity contribution < 1.29 is 45.7 Å². The van der Waals surface area contributed by atoms with Crippen LogP contribution in [0.3, 0.4) is 0 Å². The second-order valence-electron chi connectivity index (χ2n) is 6.56. The molecule has 0 amide bonds. The molecule has 0 heterocycles. The Kier molecular flexibility index (Phi) is 5.89. The smallest absolute Gasteiger partial charge is 0.335 e. The number of phenolic OH excluding ortho intramolecular Hbond substituents is 1. The Labute approximate surface area is 182 Å². The van der Waals surface area contributed by atoms with Crippen LogP contribution in [-0.2, 0) is 25.0 Å². The molecule has 0 fully saturated rings. The molecule has 0 saturated carbocycles. The molecule has 2 aromatic rings. The van der Waals surface area contributed by atoms with Gasteiger partial charge in [0.05, 0.1) is 5.56 Å². The summed E-state index contributed by atoms with van der Waals surface area (Å²) >= 11 is 0. The van der Waals surface area contributed by atoms with Crippen LogP contribution < -0.4 is 0 Å². The number of allylic oxidation sites excluding steroid dienone is 5. The number of hydrogen-bond acceptors (Lipinski definition) is 7. The summed E-state index contributed by atoms with van der Waals surface area (Å²) in [6.45, 7) is 0. The predicted octanol–water partition coefficient (Wildman–Crippen LogP) is 2.05. The Hall–Kier alpha value is -3.58. The lowest BCUT2D eigenvalue weighted by Crippen LogP contribution is -2.14. The van der Waals surface area contributed by atoms with E-state index in [0.717, 1.165) is 24.3 Å². The lowest BCUT2D eigenvalue weighted by atomic mass is 9.90. The van der Waals surface area contributed by atoms with Crippen LogP contribution in [0.25, 0.3) is 5.57 Å². The summed E-state index contributed by atoms with van der Waals surface area (Å²) in [5.41, 5.74) is 0.119. The number of hydrogen-bond donors (Lipinski definition) is 4. The van der Waals surface area contributed by atoms with Crippen LogP contribution in [0.2, 0.25) is 0 Å². The van der Waals surface area contributed by atoms with E-state index in [1.165, 1.54) is 36.4 Å². The van der Waals surface area contributed by atoms with Crippen molar-refractivity contribution >= 4 is 37.6 Å². The number of aromatic hydroxyl groups is 1. The zero-order valence-corrected chi connectivity index (χ0v) is 17.5. The van der Waals surface area contributed by atoms with Crippen LogP contribution in [0, 0.1) is 0 Å². The summed E-state index contributed by atoms with van der Waals surface area (Å²) in [6.07, 6.45) is 2.91. The van der Waals surface area contributed by atoms with E-state index in [2.05, 4.69) is 0 Å². The molecule has 0 atom stereocenters. The minimum Gasteiger partial charge on any atom is -0.506 e. The number of carbonyl (C=O) groups excluding carboxylic acids is 1. The van der Waals surface area contributed by atoms with Gasteiger partial charge in [0.1, 0.15) is 15.6 Å². The molecule has 2 aromatic carbocycles. The molecule has 3 rings (SSSR count). The maximum Gasteiger partial charge on any atom is 0.335 e. The minimum absolute atomic E-state index is 0.00624. The summed E-state index contributed by atoms with van der Waals surface area (Å²) in [7, 11) is -9.77. The Balaban J connectivity index is 2.42. The monoisotopic (exact) mass is 478 g/mol. The minimum atomic E-state index is -4.91. The average Bonchev–Trinajstić information content (AvgIpc) is 2.69. The van der Waals surface area contributed by atoms with Crippen LogP contribution in [0.1, 0.15) is 21.5 Å². The third-order valence-electron chi connectivity index (χ3n) is 4.43. The molecule has 166 valence electrons. The van der Waals surface area contributed by atoms with Crippen LogP contribution in [0.4, 0.5) is 0 Å². The Morgan fingerprint density at radius 1 is 0.812 bits per heavy atom. The highest BCUT2D eigenvalue weighted by Gasteiger charge is 2.26. The molecule has 4 N–H and O–H groups in total. The van der Waals surface area contributed by atoms with Gasteiger partial charge in [-0.2, -0.15) is 16.8 Å². The number of benzene rings is 2. The highest BCUT2D eigenvalue weighted by atomic mass is 32.2. The molecular formula is C20H14O10S2. The van der Waals surface area contributed by atoms with E-state index in [1.807, 2.05) is 0 Å². The second kappa shape index (κ2) is 8.16. The van der Waals surface area contributed by atoms with E-state index in [4.69, 9.17) is 0 Å². The first kappa shape index (κ1) is 23.1. The van der Waals surface area contributed by atoms with Gasteiger partial charge in [0.2, 0.25) is 0 Å². The molecule has 32 heavy (non-hydrogen) atoms. The molecule has 0 bridgehead atoms. The van der Waals surface area contributed by atoms with Crippen molar-refractivity contribution in [1.82, 2.24) is 0 Å². The highest BCUT2D eigenvalue weighted by molar-refractivity contribution is 7.90. The summed E-state index contributed by atoms with van der Waals surface area (Å²) in [5, 5.41) is 19.1. The van der Waals surface area contributed by atoms with Crippen LogP contribution in [0.5, 0.6) is 5.75 Å². The molecule has 0 aromatic heterocycles. The zero-order chi connectivity index (χ0) is 23.8. The molecule has 0 unspecified atom stereocenters. The number of carboxylic acid groups (broad SMARTS) is 1. The van der Waals surface area contributed by atoms with Gasteiger partial charge in [-0.15, -0.1) is 0 Å². The molecule has 0 radical (unpaired) electrons. The number of rotatable bonds is 5. The topological polar surface area (TPSA) is 183 Å². The first-order chi connectivity index (χ1) is 14.8. The Morgan fingerprint density at radius 3 is 2.03 bits per heavy atom. The fraction of sp³-hybridized carbons (Fsp3) is 0. The third-order valence-corrected chi connectivity index (χ3v) is 6.19. The number of carbonyl (C=O) groups is 2. The molecule has 1 aliphatic rings. The van der Waals surface area contributed by atoms with Crippen LogP contribution >= 0.6 is 0 Å². The number of carboxylic acids is 1. The maximum atomic E-state index is 11.9. The first-order valence-corrected chi connectivity index (χ1v) is 11.5. The SMILES string of the molecule is O=C1C=C/C(=C(/c2cccc(C(=O)O)c2)c2ccc(O)c(S(=O)(=O)O)c2)C=C1S(=O)(=O)O. The zero-order valence-electron chi connectivity index (χ0n) is 15.8. The quantitative estimate of drug-likeness (QED) is 0.464. The summed E-state index contributed by atoms with van der Waals surface area (Å²) in [6, 6.07) is 8.43. The largest absolute Gasteiger partial charge is 0.506 e. The van der Waals surface area contributed by atoms with Gasteiger partial charge in [-0.1, -0.05) is 24.3 Å². The van der Waals surface area contributed by atoms with Crippen molar-refractivity contribution in [2.45, 2.75) is 4.90 Å². The molecular weight excluding hydrogens is 464 g/mol. The van der Waals surface area contributed by atoms with Crippen LogP contribution in [-0.4, -0.2) is 47.9 Å². The van der Waals surface area contributed by atoms with Crippen molar-refractivity contribution in [2.75, 3.05) is 0 Å². The van der Waals surface area contributed by atoms with Gasteiger partial charge in [-0.05, 0) is 58.7 Å². The van der Waals surface area contributed by atoms with Crippen molar-refractivity contribution in [3.05, 3.63) is 87.9 Å². The van der Waals surface area contributed by atoms with E-state index in [0.29, 0.717) is 0 Å². The fourth-order valence-electron chi connectivity index (χ4n) is 3.05. The Bertz CT molecular complexity index is 1460. The van der Waals surface area contributed by atoms with Gasteiger partial charge in [0, 0.05) is 0 Å². The van der Waals surface area contributed by atoms with Gasteiger partial charge in [0.15, 0.2) is 5.78 Å². The maximum absolute atomic E-state index is 11.9. The first-order valence-electron chi connectivity index (χ1n) is 8.59. The van der Waals surface area contributed by atoms with Crippen molar-refractivity contribution in [2.24, 2.45) is 0 Å². The number of aromatic carboxylic acids is 1. The summed E-state index contributed by atoms with van der Waals surface area (Å²) in [5.74, 6) is -3.04.